The Kier molecular flexibility index (Phi) is 4.34. The van der Waals surface area contributed by atoms with E-state index in [2.05, 4.69) is 9.88 Å². The van der Waals surface area contributed by atoms with E-state index in [1.54, 1.807) is 0 Å². The highest BCUT2D eigenvalue weighted by Gasteiger charge is 2.25. The molecule has 0 aromatic carbocycles. The lowest BCUT2D eigenvalue weighted by Gasteiger charge is -2.36. The van der Waals surface area contributed by atoms with Crippen LogP contribution in [-0.2, 0) is 0 Å². The minimum Gasteiger partial charge on any atom is -0.477 e. The summed E-state index contributed by atoms with van der Waals surface area (Å²) in [7, 11) is 4.03. The SMILES string of the molecule is CN(C)C1CCCN(C(=O)c2ccc(C(=O)O)nc2)C1. The van der Waals surface area contributed by atoms with E-state index >= 15 is 0 Å². The fourth-order valence-electron chi connectivity index (χ4n) is 2.39. The van der Waals surface area contributed by atoms with Crippen LogP contribution in [0, 0.1) is 0 Å². The summed E-state index contributed by atoms with van der Waals surface area (Å²) in [6, 6.07) is 3.26. The summed E-state index contributed by atoms with van der Waals surface area (Å²) >= 11 is 0. The Morgan fingerprint density at radius 1 is 1.40 bits per heavy atom. The van der Waals surface area contributed by atoms with Crippen LogP contribution >= 0.6 is 0 Å². The Balaban J connectivity index is 2.08. The molecule has 1 aliphatic rings. The van der Waals surface area contributed by atoms with Crippen LogP contribution < -0.4 is 0 Å². The Hall–Kier alpha value is -1.95. The molecule has 0 aliphatic carbocycles. The number of hydrogen-bond acceptors (Lipinski definition) is 4. The first-order valence-corrected chi connectivity index (χ1v) is 6.64. The van der Waals surface area contributed by atoms with Gasteiger partial charge in [-0.2, -0.15) is 0 Å². The highest BCUT2D eigenvalue weighted by Crippen LogP contribution is 2.16. The predicted molar refractivity (Wildman–Crippen MR) is 73.8 cm³/mol. The number of carboxylic acid groups (broad SMARTS) is 1. The maximum Gasteiger partial charge on any atom is 0.354 e. The molecule has 1 atom stereocenters. The minimum atomic E-state index is -1.09. The molecular formula is C14H19N3O3. The molecule has 2 rings (SSSR count). The van der Waals surface area contributed by atoms with Gasteiger partial charge in [0.05, 0.1) is 5.56 Å². The Bertz CT molecular complexity index is 499. The fraction of sp³-hybridized carbons (Fsp3) is 0.500. The van der Waals surface area contributed by atoms with Crippen molar-refractivity contribution in [1.29, 1.82) is 0 Å². The molecule has 6 heteroatoms. The first kappa shape index (κ1) is 14.5. The van der Waals surface area contributed by atoms with Crippen LogP contribution in [0.4, 0.5) is 0 Å². The van der Waals surface area contributed by atoms with E-state index in [-0.39, 0.29) is 11.6 Å². The summed E-state index contributed by atoms with van der Waals surface area (Å²) in [6.07, 6.45) is 3.41. The van der Waals surface area contributed by atoms with E-state index in [9.17, 15) is 9.59 Å². The lowest BCUT2D eigenvalue weighted by atomic mass is 10.0. The maximum absolute atomic E-state index is 12.4. The Morgan fingerprint density at radius 2 is 2.15 bits per heavy atom. The third-order valence-corrected chi connectivity index (χ3v) is 3.64. The summed E-state index contributed by atoms with van der Waals surface area (Å²) < 4.78 is 0. The molecule has 1 unspecified atom stereocenters. The topological polar surface area (TPSA) is 73.7 Å². The molecule has 6 nitrogen and oxygen atoms in total. The van der Waals surface area contributed by atoms with Crippen molar-refractivity contribution in [1.82, 2.24) is 14.8 Å². The second-order valence-corrected chi connectivity index (χ2v) is 5.25. The first-order valence-electron chi connectivity index (χ1n) is 6.64. The zero-order chi connectivity index (χ0) is 14.7. The number of amides is 1. The van der Waals surface area contributed by atoms with E-state index in [1.165, 1.54) is 18.3 Å². The average molecular weight is 277 g/mol. The molecule has 1 fully saturated rings. The number of carbonyl (C=O) groups is 2. The van der Waals surface area contributed by atoms with Crippen molar-refractivity contribution >= 4 is 11.9 Å². The van der Waals surface area contributed by atoms with Gasteiger partial charge in [-0.05, 0) is 39.1 Å². The maximum atomic E-state index is 12.4. The van der Waals surface area contributed by atoms with Crippen molar-refractivity contribution in [2.45, 2.75) is 18.9 Å². The molecule has 108 valence electrons. The quantitative estimate of drug-likeness (QED) is 0.890. The molecule has 0 bridgehead atoms. The lowest BCUT2D eigenvalue weighted by molar-refractivity contribution is 0.0631. The van der Waals surface area contributed by atoms with Crippen LogP contribution in [-0.4, -0.2) is 65.0 Å². The molecule has 1 amide bonds. The van der Waals surface area contributed by atoms with Crippen molar-refractivity contribution in [3.8, 4) is 0 Å². The summed E-state index contributed by atoms with van der Waals surface area (Å²) in [5, 5.41) is 8.80. The Labute approximate surface area is 118 Å². The molecule has 2 heterocycles. The van der Waals surface area contributed by atoms with Gasteiger partial charge in [-0.15, -0.1) is 0 Å². The number of pyridine rings is 1. The zero-order valence-electron chi connectivity index (χ0n) is 11.7. The van der Waals surface area contributed by atoms with Crippen molar-refractivity contribution in [3.05, 3.63) is 29.6 Å². The van der Waals surface area contributed by atoms with E-state index in [0.29, 0.717) is 18.2 Å². The van der Waals surface area contributed by atoms with Gasteiger partial charge in [0.1, 0.15) is 5.69 Å². The largest absolute Gasteiger partial charge is 0.477 e. The number of hydrogen-bond donors (Lipinski definition) is 1. The summed E-state index contributed by atoms with van der Waals surface area (Å²) in [5.74, 6) is -1.17. The van der Waals surface area contributed by atoms with Gasteiger partial charge in [-0.1, -0.05) is 0 Å². The molecule has 1 aromatic rings. The molecule has 20 heavy (non-hydrogen) atoms. The van der Waals surface area contributed by atoms with Crippen molar-refractivity contribution < 1.29 is 14.7 Å². The van der Waals surface area contributed by atoms with Gasteiger partial charge in [0.15, 0.2) is 0 Å². The summed E-state index contributed by atoms with van der Waals surface area (Å²) in [6.45, 7) is 1.44. The summed E-state index contributed by atoms with van der Waals surface area (Å²) in [4.78, 5) is 30.8. The smallest absolute Gasteiger partial charge is 0.354 e. The lowest BCUT2D eigenvalue weighted by Crippen LogP contribution is -2.47. The van der Waals surface area contributed by atoms with Gasteiger partial charge >= 0.3 is 5.97 Å². The standard InChI is InChI=1S/C14H19N3O3/c1-16(2)11-4-3-7-17(9-11)13(18)10-5-6-12(14(19)20)15-8-10/h5-6,8,11H,3-4,7,9H2,1-2H3,(H,19,20). The van der Waals surface area contributed by atoms with Gasteiger partial charge in [0.25, 0.3) is 5.91 Å². The van der Waals surface area contributed by atoms with Crippen LogP contribution in [0.15, 0.2) is 18.3 Å². The number of piperidine rings is 1. The van der Waals surface area contributed by atoms with Crippen LogP contribution in [0.3, 0.4) is 0 Å². The molecule has 1 aliphatic heterocycles. The van der Waals surface area contributed by atoms with Gasteiger partial charge in [-0.3, -0.25) is 4.79 Å². The number of aromatic carboxylic acids is 1. The molecular weight excluding hydrogens is 258 g/mol. The zero-order valence-corrected chi connectivity index (χ0v) is 11.7. The normalized spacial score (nSPS) is 19.1. The Morgan fingerprint density at radius 3 is 2.70 bits per heavy atom. The molecule has 1 N–H and O–H groups in total. The van der Waals surface area contributed by atoms with Gasteiger partial charge in [0.2, 0.25) is 0 Å². The van der Waals surface area contributed by atoms with E-state index in [4.69, 9.17) is 5.11 Å². The number of aromatic nitrogens is 1. The summed E-state index contributed by atoms with van der Waals surface area (Å²) in [5.41, 5.74) is 0.390. The van der Waals surface area contributed by atoms with Gasteiger partial charge < -0.3 is 14.9 Å². The van der Waals surface area contributed by atoms with Crippen molar-refractivity contribution in [2.75, 3.05) is 27.2 Å². The van der Waals surface area contributed by atoms with E-state index in [0.717, 1.165) is 19.4 Å². The third kappa shape index (κ3) is 3.14. The van der Waals surface area contributed by atoms with Gasteiger partial charge in [-0.25, -0.2) is 9.78 Å². The monoisotopic (exact) mass is 277 g/mol. The van der Waals surface area contributed by atoms with Crippen molar-refractivity contribution in [3.63, 3.8) is 0 Å². The molecule has 0 saturated carbocycles. The molecule has 0 radical (unpaired) electrons. The van der Waals surface area contributed by atoms with Gasteiger partial charge in [0, 0.05) is 25.3 Å². The number of likely N-dealkylation sites (tertiary alicyclic amines) is 1. The van der Waals surface area contributed by atoms with Crippen LogP contribution in [0.5, 0.6) is 0 Å². The number of carbonyl (C=O) groups excluding carboxylic acids is 1. The highest BCUT2D eigenvalue weighted by atomic mass is 16.4. The first-order chi connectivity index (χ1) is 9.49. The minimum absolute atomic E-state index is 0.0497. The molecule has 1 saturated heterocycles. The van der Waals surface area contributed by atoms with Crippen LogP contribution in [0.25, 0.3) is 0 Å². The van der Waals surface area contributed by atoms with Crippen LogP contribution in [0.1, 0.15) is 33.7 Å². The molecule has 1 aromatic heterocycles. The predicted octanol–water partition coefficient (Wildman–Crippen LogP) is 0.946. The van der Waals surface area contributed by atoms with E-state index in [1.807, 2.05) is 19.0 Å². The number of likely N-dealkylation sites (N-methyl/N-ethyl adjacent to an activating group) is 1. The van der Waals surface area contributed by atoms with E-state index < -0.39 is 5.97 Å². The fourth-order valence-corrected chi connectivity index (χ4v) is 2.39. The third-order valence-electron chi connectivity index (χ3n) is 3.64. The number of nitrogens with zero attached hydrogens (tertiary/aromatic N) is 3. The van der Waals surface area contributed by atoms with Crippen LogP contribution in [0.2, 0.25) is 0 Å². The number of rotatable bonds is 3. The number of carboxylic acids is 1. The second-order valence-electron chi connectivity index (χ2n) is 5.25. The highest BCUT2D eigenvalue weighted by molar-refractivity contribution is 5.95. The average Bonchev–Trinajstić information content (AvgIpc) is 2.46. The molecule has 0 spiro atoms. The van der Waals surface area contributed by atoms with Crippen molar-refractivity contribution in [2.24, 2.45) is 0 Å². The second kappa shape index (κ2) is 6.00.